The van der Waals surface area contributed by atoms with Gasteiger partial charge in [0, 0.05) is 18.0 Å². The fourth-order valence-corrected chi connectivity index (χ4v) is 0.967. The predicted molar refractivity (Wildman–Crippen MR) is 50.5 cm³/mol. The van der Waals surface area contributed by atoms with Gasteiger partial charge in [0.05, 0.1) is 11.4 Å². The van der Waals surface area contributed by atoms with Crippen LogP contribution < -0.4 is 0 Å². The number of hydrogen-bond acceptors (Lipinski definition) is 2. The summed E-state index contributed by atoms with van der Waals surface area (Å²) in [6.07, 6.45) is 6.33. The summed E-state index contributed by atoms with van der Waals surface area (Å²) in [5.74, 6) is -0.865. The summed E-state index contributed by atoms with van der Waals surface area (Å²) in [4.78, 5) is 14.0. The Balaban J connectivity index is 2.68. The minimum atomic E-state index is -0.865. The van der Waals surface area contributed by atoms with Crippen molar-refractivity contribution in [2.24, 2.45) is 0 Å². The maximum atomic E-state index is 10.2. The standard InChI is InChI=1S/C9H8ClNO2/c10-8-4-5-11-6-7(8)2-1-3-9(12)13/h1-2,4-6H,3H2,(H,12,13). The summed E-state index contributed by atoms with van der Waals surface area (Å²) in [7, 11) is 0. The zero-order chi connectivity index (χ0) is 9.68. The molecule has 0 aliphatic rings. The Kier molecular flexibility index (Phi) is 3.46. The lowest BCUT2D eigenvalue weighted by molar-refractivity contribution is -0.135. The van der Waals surface area contributed by atoms with Crippen LogP contribution in [0, 0.1) is 0 Å². The van der Waals surface area contributed by atoms with E-state index in [1.807, 2.05) is 0 Å². The Labute approximate surface area is 80.7 Å². The van der Waals surface area contributed by atoms with Crippen molar-refractivity contribution in [3.63, 3.8) is 0 Å². The van der Waals surface area contributed by atoms with Crippen molar-refractivity contribution in [1.82, 2.24) is 4.98 Å². The molecule has 4 heteroatoms. The van der Waals surface area contributed by atoms with Crippen LogP contribution in [0.15, 0.2) is 24.5 Å². The second-order valence-electron chi connectivity index (χ2n) is 2.40. The molecule has 1 aromatic heterocycles. The van der Waals surface area contributed by atoms with E-state index >= 15 is 0 Å². The molecular formula is C9H8ClNO2. The molecule has 13 heavy (non-hydrogen) atoms. The number of carboxylic acids is 1. The fourth-order valence-electron chi connectivity index (χ4n) is 0.799. The molecule has 0 unspecified atom stereocenters. The minimum absolute atomic E-state index is 0.00871. The SMILES string of the molecule is O=C(O)CC=Cc1cnccc1Cl. The lowest BCUT2D eigenvalue weighted by Crippen LogP contribution is -1.89. The number of rotatable bonds is 3. The van der Waals surface area contributed by atoms with Gasteiger partial charge in [-0.15, -0.1) is 0 Å². The van der Waals surface area contributed by atoms with Crippen molar-refractivity contribution in [3.8, 4) is 0 Å². The largest absolute Gasteiger partial charge is 0.481 e. The highest BCUT2D eigenvalue weighted by molar-refractivity contribution is 6.32. The number of carbonyl (C=O) groups is 1. The summed E-state index contributed by atoms with van der Waals surface area (Å²) < 4.78 is 0. The fraction of sp³-hybridized carbons (Fsp3) is 0.111. The quantitative estimate of drug-likeness (QED) is 0.809. The zero-order valence-corrected chi connectivity index (χ0v) is 7.53. The first kappa shape index (κ1) is 9.74. The molecule has 0 aliphatic carbocycles. The number of hydrogen-bond donors (Lipinski definition) is 1. The van der Waals surface area contributed by atoms with E-state index < -0.39 is 5.97 Å². The Morgan fingerprint density at radius 1 is 1.69 bits per heavy atom. The molecule has 0 saturated carbocycles. The Morgan fingerprint density at radius 3 is 3.08 bits per heavy atom. The third kappa shape index (κ3) is 3.25. The summed E-state index contributed by atoms with van der Waals surface area (Å²) in [5, 5.41) is 8.93. The van der Waals surface area contributed by atoms with Gasteiger partial charge in [0.25, 0.3) is 0 Å². The van der Waals surface area contributed by atoms with Gasteiger partial charge >= 0.3 is 5.97 Å². The van der Waals surface area contributed by atoms with E-state index in [9.17, 15) is 4.79 Å². The van der Waals surface area contributed by atoms with Gasteiger partial charge in [0.1, 0.15) is 0 Å². The average Bonchev–Trinajstić information content (AvgIpc) is 2.08. The van der Waals surface area contributed by atoms with Gasteiger partial charge in [-0.1, -0.05) is 23.8 Å². The maximum absolute atomic E-state index is 10.2. The van der Waals surface area contributed by atoms with Crippen LogP contribution in [0.5, 0.6) is 0 Å². The zero-order valence-electron chi connectivity index (χ0n) is 6.77. The number of carboxylic acid groups (broad SMARTS) is 1. The van der Waals surface area contributed by atoms with Gasteiger partial charge in [-0.2, -0.15) is 0 Å². The third-order valence-corrected chi connectivity index (χ3v) is 1.73. The number of aromatic nitrogens is 1. The van der Waals surface area contributed by atoms with Crippen molar-refractivity contribution in [3.05, 3.63) is 35.1 Å². The molecule has 0 atom stereocenters. The van der Waals surface area contributed by atoms with Crippen LogP contribution in [0.2, 0.25) is 5.02 Å². The molecule has 68 valence electrons. The minimum Gasteiger partial charge on any atom is -0.481 e. The molecule has 1 rings (SSSR count). The van der Waals surface area contributed by atoms with E-state index in [-0.39, 0.29) is 6.42 Å². The first-order valence-electron chi connectivity index (χ1n) is 3.68. The molecule has 0 fully saturated rings. The molecule has 0 saturated heterocycles. The van der Waals surface area contributed by atoms with E-state index in [0.717, 1.165) is 5.56 Å². The first-order valence-corrected chi connectivity index (χ1v) is 4.06. The summed E-state index contributed by atoms with van der Waals surface area (Å²) in [6, 6.07) is 1.65. The highest BCUT2D eigenvalue weighted by Gasteiger charge is 1.94. The predicted octanol–water partition coefficient (Wildman–Crippen LogP) is 2.22. The van der Waals surface area contributed by atoms with E-state index in [1.54, 1.807) is 24.5 Å². The second kappa shape index (κ2) is 4.62. The number of aliphatic carboxylic acids is 1. The number of nitrogens with zero attached hydrogens (tertiary/aromatic N) is 1. The highest BCUT2D eigenvalue weighted by Crippen LogP contribution is 2.14. The summed E-state index contributed by atoms with van der Waals surface area (Å²) >= 11 is 5.80. The Bertz CT molecular complexity index is 336. The Hall–Kier alpha value is -1.35. The third-order valence-electron chi connectivity index (χ3n) is 1.39. The molecule has 1 aromatic rings. The monoisotopic (exact) mass is 197 g/mol. The smallest absolute Gasteiger partial charge is 0.307 e. The molecule has 0 bridgehead atoms. The lowest BCUT2D eigenvalue weighted by atomic mass is 10.2. The van der Waals surface area contributed by atoms with Crippen LogP contribution in [0.25, 0.3) is 6.08 Å². The number of pyridine rings is 1. The molecular weight excluding hydrogens is 190 g/mol. The number of halogens is 1. The highest BCUT2D eigenvalue weighted by atomic mass is 35.5. The van der Waals surface area contributed by atoms with E-state index in [1.165, 1.54) is 6.08 Å². The molecule has 0 radical (unpaired) electrons. The van der Waals surface area contributed by atoms with Crippen molar-refractivity contribution in [1.29, 1.82) is 0 Å². The topological polar surface area (TPSA) is 50.2 Å². The average molecular weight is 198 g/mol. The van der Waals surface area contributed by atoms with E-state index in [0.29, 0.717) is 5.02 Å². The molecule has 0 spiro atoms. The van der Waals surface area contributed by atoms with Crippen LogP contribution in [-0.2, 0) is 4.79 Å². The van der Waals surface area contributed by atoms with Crippen molar-refractivity contribution in [2.75, 3.05) is 0 Å². The van der Waals surface area contributed by atoms with Gasteiger partial charge in [-0.25, -0.2) is 0 Å². The van der Waals surface area contributed by atoms with Gasteiger partial charge in [0.15, 0.2) is 0 Å². The molecule has 1 N–H and O–H groups in total. The van der Waals surface area contributed by atoms with Gasteiger partial charge in [-0.3, -0.25) is 9.78 Å². The van der Waals surface area contributed by atoms with Gasteiger partial charge in [0.2, 0.25) is 0 Å². The van der Waals surface area contributed by atoms with Crippen LogP contribution in [0.3, 0.4) is 0 Å². The maximum Gasteiger partial charge on any atom is 0.307 e. The van der Waals surface area contributed by atoms with Crippen LogP contribution >= 0.6 is 11.6 Å². The summed E-state index contributed by atoms with van der Waals surface area (Å²) in [5.41, 5.74) is 0.727. The molecule has 0 amide bonds. The van der Waals surface area contributed by atoms with Crippen LogP contribution in [0.4, 0.5) is 0 Å². The van der Waals surface area contributed by atoms with Crippen molar-refractivity contribution < 1.29 is 9.90 Å². The second-order valence-corrected chi connectivity index (χ2v) is 2.80. The van der Waals surface area contributed by atoms with E-state index in [4.69, 9.17) is 16.7 Å². The first-order chi connectivity index (χ1) is 6.20. The van der Waals surface area contributed by atoms with Crippen LogP contribution in [-0.4, -0.2) is 16.1 Å². The molecule has 0 aliphatic heterocycles. The summed E-state index contributed by atoms with van der Waals surface area (Å²) in [6.45, 7) is 0. The molecule has 3 nitrogen and oxygen atoms in total. The van der Waals surface area contributed by atoms with Crippen LogP contribution in [0.1, 0.15) is 12.0 Å². The van der Waals surface area contributed by atoms with Crippen molar-refractivity contribution >= 4 is 23.6 Å². The normalized spacial score (nSPS) is 10.5. The Morgan fingerprint density at radius 2 is 2.46 bits per heavy atom. The lowest BCUT2D eigenvalue weighted by Gasteiger charge is -1.94. The van der Waals surface area contributed by atoms with Gasteiger partial charge in [-0.05, 0) is 6.07 Å². The van der Waals surface area contributed by atoms with Crippen molar-refractivity contribution in [2.45, 2.75) is 6.42 Å². The van der Waals surface area contributed by atoms with Gasteiger partial charge < -0.3 is 5.11 Å². The molecule has 1 heterocycles. The molecule has 0 aromatic carbocycles. The van der Waals surface area contributed by atoms with E-state index in [2.05, 4.69) is 4.98 Å².